The number of anilines is 1. The summed E-state index contributed by atoms with van der Waals surface area (Å²) in [6, 6.07) is 4.73. The lowest BCUT2D eigenvalue weighted by atomic mass is 10.2. The van der Waals surface area contributed by atoms with Crippen LogP contribution in [0.5, 0.6) is 0 Å². The number of nitrogens with two attached hydrogens (primary N) is 1. The lowest BCUT2D eigenvalue weighted by Crippen LogP contribution is -2.05. The quantitative estimate of drug-likeness (QED) is 0.550. The molecule has 1 aromatic heterocycles. The fraction of sp³-hybridized carbons (Fsp3) is 0. The molecule has 2 aromatic carbocycles. The maximum Gasteiger partial charge on any atom is 0.206 e. The first-order chi connectivity index (χ1) is 9.47. The van der Waals surface area contributed by atoms with Crippen LogP contribution in [-0.4, -0.2) is 9.55 Å². The van der Waals surface area contributed by atoms with Crippen molar-refractivity contribution in [3.63, 3.8) is 0 Å². The van der Waals surface area contributed by atoms with Gasteiger partial charge in [-0.2, -0.15) is 0 Å². The van der Waals surface area contributed by atoms with Crippen LogP contribution in [0.1, 0.15) is 0 Å². The normalized spacial score (nSPS) is 11.2. The third-order valence-electron chi connectivity index (χ3n) is 2.86. The predicted molar refractivity (Wildman–Crippen MR) is 65.3 cm³/mol. The smallest absolute Gasteiger partial charge is 0.206 e. The molecule has 3 nitrogen and oxygen atoms in total. The summed E-state index contributed by atoms with van der Waals surface area (Å²) in [5.74, 6) is -4.43. The number of nitrogen functional groups attached to an aromatic ring is 1. The van der Waals surface area contributed by atoms with Crippen LogP contribution in [0.4, 0.5) is 23.5 Å². The first-order valence-corrected chi connectivity index (χ1v) is 5.56. The van der Waals surface area contributed by atoms with Crippen LogP contribution in [0, 0.1) is 23.3 Å². The van der Waals surface area contributed by atoms with Gasteiger partial charge in [0.1, 0.15) is 11.6 Å². The number of hydrogen-bond donors (Lipinski definition) is 1. The maximum absolute atomic E-state index is 13.8. The molecule has 0 fully saturated rings. The highest BCUT2D eigenvalue weighted by Crippen LogP contribution is 2.27. The average molecular weight is 281 g/mol. The molecular weight excluding hydrogens is 274 g/mol. The fourth-order valence-electron chi connectivity index (χ4n) is 2.03. The van der Waals surface area contributed by atoms with Crippen LogP contribution >= 0.6 is 0 Å². The molecule has 102 valence electrons. The monoisotopic (exact) mass is 281 g/mol. The van der Waals surface area contributed by atoms with Gasteiger partial charge in [0.05, 0.1) is 16.7 Å². The SMILES string of the molecule is Nc1nc2ccc(F)cc2n1-c1cc(F)cc(F)c1F. The van der Waals surface area contributed by atoms with Crippen LogP contribution in [0.15, 0.2) is 30.3 Å². The Balaban J connectivity index is 2.40. The van der Waals surface area contributed by atoms with Gasteiger partial charge in [-0.15, -0.1) is 0 Å². The van der Waals surface area contributed by atoms with Gasteiger partial charge >= 0.3 is 0 Å². The second-order valence-corrected chi connectivity index (χ2v) is 4.16. The van der Waals surface area contributed by atoms with E-state index in [1.54, 1.807) is 0 Å². The second kappa shape index (κ2) is 4.22. The number of hydrogen-bond acceptors (Lipinski definition) is 2. The van der Waals surface area contributed by atoms with Gasteiger partial charge in [0.25, 0.3) is 0 Å². The zero-order valence-corrected chi connectivity index (χ0v) is 9.87. The van der Waals surface area contributed by atoms with Crippen LogP contribution in [0.25, 0.3) is 16.7 Å². The van der Waals surface area contributed by atoms with Gasteiger partial charge in [0.2, 0.25) is 5.95 Å². The van der Waals surface area contributed by atoms with Gasteiger partial charge in [-0.3, -0.25) is 4.57 Å². The third kappa shape index (κ3) is 1.78. The third-order valence-corrected chi connectivity index (χ3v) is 2.86. The zero-order valence-electron chi connectivity index (χ0n) is 9.87. The molecule has 0 amide bonds. The number of rotatable bonds is 1. The summed E-state index contributed by atoms with van der Waals surface area (Å²) in [7, 11) is 0. The van der Waals surface area contributed by atoms with Crippen LogP contribution in [0.2, 0.25) is 0 Å². The molecule has 0 saturated carbocycles. The van der Waals surface area contributed by atoms with Gasteiger partial charge < -0.3 is 5.73 Å². The van der Waals surface area contributed by atoms with E-state index in [0.29, 0.717) is 6.07 Å². The first-order valence-electron chi connectivity index (χ1n) is 5.56. The molecule has 0 saturated heterocycles. The number of benzene rings is 2. The molecule has 0 unspecified atom stereocenters. The summed E-state index contributed by atoms with van der Waals surface area (Å²) in [4.78, 5) is 3.89. The summed E-state index contributed by atoms with van der Waals surface area (Å²) in [5.41, 5.74) is 5.56. The number of fused-ring (bicyclic) bond motifs is 1. The fourth-order valence-corrected chi connectivity index (χ4v) is 2.03. The van der Waals surface area contributed by atoms with Crippen molar-refractivity contribution < 1.29 is 17.6 Å². The number of imidazole rings is 1. The lowest BCUT2D eigenvalue weighted by Gasteiger charge is -2.08. The Morgan fingerprint density at radius 2 is 1.70 bits per heavy atom. The minimum Gasteiger partial charge on any atom is -0.369 e. The Morgan fingerprint density at radius 1 is 0.950 bits per heavy atom. The Kier molecular flexibility index (Phi) is 2.63. The molecule has 0 aliphatic heterocycles. The summed E-state index contributed by atoms with van der Waals surface area (Å²) >= 11 is 0. The highest BCUT2D eigenvalue weighted by Gasteiger charge is 2.18. The lowest BCUT2D eigenvalue weighted by molar-refractivity contribution is 0.491. The molecule has 0 radical (unpaired) electrons. The topological polar surface area (TPSA) is 43.8 Å². The van der Waals surface area contributed by atoms with Crippen molar-refractivity contribution in [1.82, 2.24) is 9.55 Å². The Hall–Kier alpha value is -2.57. The van der Waals surface area contributed by atoms with Crippen molar-refractivity contribution in [2.24, 2.45) is 0 Å². The van der Waals surface area contributed by atoms with E-state index in [4.69, 9.17) is 5.73 Å². The molecule has 0 aliphatic carbocycles. The Labute approximate surface area is 110 Å². The van der Waals surface area contributed by atoms with E-state index < -0.39 is 29.0 Å². The van der Waals surface area contributed by atoms with Gasteiger partial charge in [0.15, 0.2) is 11.6 Å². The van der Waals surface area contributed by atoms with Gasteiger partial charge in [-0.25, -0.2) is 22.5 Å². The Morgan fingerprint density at radius 3 is 2.45 bits per heavy atom. The van der Waals surface area contributed by atoms with Crippen LogP contribution in [0.3, 0.4) is 0 Å². The molecule has 0 spiro atoms. The van der Waals surface area contributed by atoms with E-state index in [1.165, 1.54) is 6.07 Å². The molecule has 3 rings (SSSR count). The standard InChI is InChI=1S/C13H7F4N3/c14-6-1-2-9-10(4-6)20(13(18)19-9)11-5-7(15)3-8(16)12(11)17/h1-5H,(H2,18,19). The predicted octanol–water partition coefficient (Wildman–Crippen LogP) is 3.16. The number of aromatic nitrogens is 2. The number of halogens is 4. The molecule has 20 heavy (non-hydrogen) atoms. The molecule has 2 N–H and O–H groups in total. The van der Waals surface area contributed by atoms with Crippen molar-refractivity contribution in [2.45, 2.75) is 0 Å². The van der Waals surface area contributed by atoms with Gasteiger partial charge in [-0.05, 0) is 12.1 Å². The average Bonchev–Trinajstić information content (AvgIpc) is 2.69. The second-order valence-electron chi connectivity index (χ2n) is 4.16. The molecular formula is C13H7F4N3. The molecule has 3 aromatic rings. The summed E-state index contributed by atoms with van der Waals surface area (Å²) < 4.78 is 54.6. The first kappa shape index (κ1) is 12.5. The zero-order chi connectivity index (χ0) is 14.4. The molecule has 7 heteroatoms. The molecule has 0 atom stereocenters. The van der Waals surface area contributed by atoms with Crippen molar-refractivity contribution in [3.05, 3.63) is 53.6 Å². The highest BCUT2D eigenvalue weighted by molar-refractivity contribution is 5.80. The van der Waals surface area contributed by atoms with E-state index in [1.807, 2.05) is 0 Å². The van der Waals surface area contributed by atoms with Gasteiger partial charge in [-0.1, -0.05) is 0 Å². The van der Waals surface area contributed by atoms with E-state index in [9.17, 15) is 17.6 Å². The largest absolute Gasteiger partial charge is 0.369 e. The minimum absolute atomic E-state index is 0.117. The van der Waals surface area contributed by atoms with E-state index in [0.717, 1.165) is 22.8 Å². The van der Waals surface area contributed by atoms with E-state index in [2.05, 4.69) is 4.98 Å². The maximum atomic E-state index is 13.8. The molecule has 0 bridgehead atoms. The van der Waals surface area contributed by atoms with Crippen molar-refractivity contribution in [2.75, 3.05) is 5.73 Å². The highest BCUT2D eigenvalue weighted by atomic mass is 19.2. The summed E-state index contributed by atoms with van der Waals surface area (Å²) in [6.45, 7) is 0. The molecule has 0 aliphatic rings. The Bertz CT molecular complexity index is 826. The van der Waals surface area contributed by atoms with E-state index >= 15 is 0 Å². The van der Waals surface area contributed by atoms with Crippen molar-refractivity contribution in [3.8, 4) is 5.69 Å². The van der Waals surface area contributed by atoms with Crippen LogP contribution in [-0.2, 0) is 0 Å². The van der Waals surface area contributed by atoms with Gasteiger partial charge in [0, 0.05) is 18.2 Å². The summed E-state index contributed by atoms with van der Waals surface area (Å²) in [5, 5.41) is 0. The van der Waals surface area contributed by atoms with Crippen molar-refractivity contribution >= 4 is 17.0 Å². The van der Waals surface area contributed by atoms with E-state index in [-0.39, 0.29) is 17.0 Å². The summed E-state index contributed by atoms with van der Waals surface area (Å²) in [6.07, 6.45) is 0. The van der Waals surface area contributed by atoms with Crippen LogP contribution < -0.4 is 5.73 Å². The minimum atomic E-state index is -1.36. The van der Waals surface area contributed by atoms with Crippen molar-refractivity contribution in [1.29, 1.82) is 0 Å². The number of nitrogens with zero attached hydrogens (tertiary/aromatic N) is 2. The molecule has 1 heterocycles.